The summed E-state index contributed by atoms with van der Waals surface area (Å²) in [5.74, 6) is 0.194. The van der Waals surface area contributed by atoms with E-state index < -0.39 is 23.1 Å². The molecule has 0 unspecified atom stereocenters. The predicted octanol–water partition coefficient (Wildman–Crippen LogP) is 4.15. The number of benzene rings is 1. The van der Waals surface area contributed by atoms with Crippen LogP contribution in [-0.2, 0) is 12.6 Å². The van der Waals surface area contributed by atoms with Gasteiger partial charge in [-0.1, -0.05) is 0 Å². The maximum atomic E-state index is 13.0. The molecule has 0 spiro atoms. The monoisotopic (exact) mass is 419 g/mol. The van der Waals surface area contributed by atoms with Crippen LogP contribution in [0.25, 0.3) is 22.3 Å². The molecule has 1 aliphatic carbocycles. The predicted molar refractivity (Wildman–Crippen MR) is 102 cm³/mol. The number of aromatic nitrogens is 3. The van der Waals surface area contributed by atoms with Gasteiger partial charge in [0.2, 0.25) is 0 Å². The first-order chi connectivity index (χ1) is 14.0. The van der Waals surface area contributed by atoms with Crippen molar-refractivity contribution >= 4 is 11.0 Å². The Morgan fingerprint density at radius 3 is 2.57 bits per heavy atom. The largest absolute Gasteiger partial charge is 0.507 e. The normalized spacial score (nSPS) is 23.3. The van der Waals surface area contributed by atoms with Crippen molar-refractivity contribution < 1.29 is 28.1 Å². The lowest BCUT2D eigenvalue weighted by molar-refractivity contribution is -0.137. The first kappa shape index (κ1) is 19.2. The molecule has 1 fully saturated rings. The van der Waals surface area contributed by atoms with Crippen LogP contribution in [0.3, 0.4) is 0 Å². The average Bonchev–Trinajstić information content (AvgIpc) is 3.19. The highest BCUT2D eigenvalue weighted by molar-refractivity contribution is 5.90. The van der Waals surface area contributed by atoms with Crippen LogP contribution in [-0.4, -0.2) is 37.2 Å². The van der Waals surface area contributed by atoms with Crippen molar-refractivity contribution in [2.45, 2.75) is 50.9 Å². The van der Waals surface area contributed by atoms with E-state index in [1.165, 1.54) is 6.92 Å². The van der Waals surface area contributed by atoms with Crippen molar-refractivity contribution in [1.82, 2.24) is 14.8 Å². The van der Waals surface area contributed by atoms with E-state index in [1.54, 1.807) is 13.0 Å². The number of fused-ring (bicyclic) bond motifs is 3. The summed E-state index contributed by atoms with van der Waals surface area (Å²) in [6, 6.07) is 3.49. The van der Waals surface area contributed by atoms with Gasteiger partial charge in [0.05, 0.1) is 34.5 Å². The Balaban J connectivity index is 1.64. The molecule has 30 heavy (non-hydrogen) atoms. The van der Waals surface area contributed by atoms with Gasteiger partial charge in [0, 0.05) is 18.0 Å². The lowest BCUT2D eigenvalue weighted by Crippen LogP contribution is -2.42. The molecular weight excluding hydrogens is 399 g/mol. The molecule has 6 nitrogen and oxygen atoms in total. The van der Waals surface area contributed by atoms with Crippen LogP contribution in [0.1, 0.15) is 42.6 Å². The molecule has 0 radical (unpaired) electrons. The highest BCUT2D eigenvalue weighted by Gasteiger charge is 2.42. The number of hydrogen-bond donors (Lipinski definition) is 2. The highest BCUT2D eigenvalue weighted by Crippen LogP contribution is 2.48. The van der Waals surface area contributed by atoms with Crippen LogP contribution in [0.15, 0.2) is 18.2 Å². The molecule has 2 aromatic heterocycles. The van der Waals surface area contributed by atoms with E-state index in [4.69, 9.17) is 4.74 Å². The second kappa shape index (κ2) is 6.10. The van der Waals surface area contributed by atoms with E-state index in [1.807, 2.05) is 0 Å². The van der Waals surface area contributed by atoms with Gasteiger partial charge >= 0.3 is 6.18 Å². The number of hydrogen-bond acceptors (Lipinski definition) is 5. The zero-order valence-electron chi connectivity index (χ0n) is 16.4. The third-order valence-corrected chi connectivity index (χ3v) is 6.00. The topological polar surface area (TPSA) is 80.4 Å². The Bertz CT molecular complexity index is 1150. The van der Waals surface area contributed by atoms with Gasteiger partial charge in [0.1, 0.15) is 11.5 Å². The minimum Gasteiger partial charge on any atom is -0.507 e. The van der Waals surface area contributed by atoms with Crippen LogP contribution in [0.2, 0.25) is 0 Å². The summed E-state index contributed by atoms with van der Waals surface area (Å²) >= 11 is 0. The lowest BCUT2D eigenvalue weighted by Gasteiger charge is -2.42. The SMILES string of the molecule is Cc1cc(C(F)(F)F)cc(O)c1-c1cc2c3c(n(C4CC(C)(O)C4)c2nn1)CCO3. The van der Waals surface area contributed by atoms with Gasteiger partial charge in [-0.25, -0.2) is 0 Å². The van der Waals surface area contributed by atoms with Gasteiger partial charge in [-0.3, -0.25) is 0 Å². The molecular formula is C21H20F3N3O3. The summed E-state index contributed by atoms with van der Waals surface area (Å²) in [6.07, 6.45) is -2.63. The Morgan fingerprint density at radius 1 is 1.20 bits per heavy atom. The fraction of sp³-hybridized carbons (Fsp3) is 0.429. The number of aliphatic hydroxyl groups is 1. The average molecular weight is 419 g/mol. The maximum absolute atomic E-state index is 13.0. The first-order valence-corrected chi connectivity index (χ1v) is 9.72. The molecule has 3 aromatic rings. The summed E-state index contributed by atoms with van der Waals surface area (Å²) in [4.78, 5) is 0. The molecule has 158 valence electrons. The quantitative estimate of drug-likeness (QED) is 0.652. The molecule has 3 heterocycles. The van der Waals surface area contributed by atoms with Gasteiger partial charge < -0.3 is 19.5 Å². The number of rotatable bonds is 2. The van der Waals surface area contributed by atoms with Crippen molar-refractivity contribution in [3.05, 3.63) is 35.0 Å². The lowest BCUT2D eigenvalue weighted by atomic mass is 9.77. The van der Waals surface area contributed by atoms with E-state index in [2.05, 4.69) is 14.8 Å². The van der Waals surface area contributed by atoms with Crippen molar-refractivity contribution in [2.75, 3.05) is 6.61 Å². The van der Waals surface area contributed by atoms with E-state index >= 15 is 0 Å². The standard InChI is InChI=1S/C21H20F3N3O3/c1-10-5-11(21(22,23)24)6-16(28)17(10)14-7-13-18-15(3-4-30-18)27(19(13)26-25-14)12-8-20(2,29)9-12/h5-7,12,28-29H,3-4,8-9H2,1-2H3. The van der Waals surface area contributed by atoms with Crippen LogP contribution in [0, 0.1) is 6.92 Å². The molecule has 5 rings (SSSR count). The van der Waals surface area contributed by atoms with Gasteiger partial charge in [-0.05, 0) is 50.5 Å². The molecule has 0 amide bonds. The smallest absolute Gasteiger partial charge is 0.416 e. The second-order valence-electron chi connectivity index (χ2n) is 8.46. The third kappa shape index (κ3) is 2.83. The summed E-state index contributed by atoms with van der Waals surface area (Å²) in [6.45, 7) is 3.83. The summed E-state index contributed by atoms with van der Waals surface area (Å²) in [7, 11) is 0. The molecule has 2 aliphatic rings. The molecule has 2 N–H and O–H groups in total. The number of phenols is 1. The van der Waals surface area contributed by atoms with Crippen LogP contribution in [0.4, 0.5) is 13.2 Å². The van der Waals surface area contributed by atoms with Crippen LogP contribution in [0.5, 0.6) is 11.5 Å². The Hall–Kier alpha value is -2.81. The zero-order valence-corrected chi connectivity index (χ0v) is 16.4. The van der Waals surface area contributed by atoms with Gasteiger partial charge in [0.25, 0.3) is 0 Å². The van der Waals surface area contributed by atoms with Gasteiger partial charge in [-0.2, -0.15) is 13.2 Å². The maximum Gasteiger partial charge on any atom is 0.416 e. The number of phenolic OH excluding ortho intramolecular Hbond substituents is 1. The fourth-order valence-electron chi connectivity index (χ4n) is 4.69. The second-order valence-corrected chi connectivity index (χ2v) is 8.46. The fourth-order valence-corrected chi connectivity index (χ4v) is 4.69. The molecule has 1 aromatic carbocycles. The molecule has 1 saturated carbocycles. The molecule has 0 atom stereocenters. The summed E-state index contributed by atoms with van der Waals surface area (Å²) in [5.41, 5.74) is 0.735. The third-order valence-electron chi connectivity index (χ3n) is 6.00. The molecule has 0 saturated heterocycles. The Labute approximate surface area is 169 Å². The van der Waals surface area contributed by atoms with E-state index in [0.717, 1.165) is 11.8 Å². The Kier molecular flexibility index (Phi) is 3.90. The zero-order chi connectivity index (χ0) is 21.4. The number of nitrogens with zero attached hydrogens (tertiary/aromatic N) is 3. The number of aryl methyl sites for hydroxylation is 1. The van der Waals surface area contributed by atoms with Crippen molar-refractivity contribution in [3.8, 4) is 22.8 Å². The number of ether oxygens (including phenoxy) is 1. The van der Waals surface area contributed by atoms with Crippen molar-refractivity contribution in [1.29, 1.82) is 0 Å². The number of alkyl halides is 3. The summed E-state index contributed by atoms with van der Waals surface area (Å²) < 4.78 is 47.0. The van der Waals surface area contributed by atoms with Gasteiger partial charge in [-0.15, -0.1) is 10.2 Å². The minimum atomic E-state index is -4.55. The Morgan fingerprint density at radius 2 is 1.93 bits per heavy atom. The highest BCUT2D eigenvalue weighted by atomic mass is 19.4. The summed E-state index contributed by atoms with van der Waals surface area (Å²) in [5, 5.41) is 29.7. The molecule has 0 bridgehead atoms. The van der Waals surface area contributed by atoms with Crippen LogP contribution < -0.4 is 4.74 Å². The van der Waals surface area contributed by atoms with Crippen molar-refractivity contribution in [2.24, 2.45) is 0 Å². The van der Waals surface area contributed by atoms with E-state index in [0.29, 0.717) is 48.7 Å². The van der Waals surface area contributed by atoms with Crippen LogP contribution >= 0.6 is 0 Å². The molecule has 9 heteroatoms. The number of halogens is 3. The number of aromatic hydroxyl groups is 1. The van der Waals surface area contributed by atoms with Gasteiger partial charge in [0.15, 0.2) is 5.65 Å². The van der Waals surface area contributed by atoms with E-state index in [-0.39, 0.29) is 22.9 Å². The minimum absolute atomic E-state index is 0.0920. The first-order valence-electron chi connectivity index (χ1n) is 9.72. The van der Waals surface area contributed by atoms with Crippen molar-refractivity contribution in [3.63, 3.8) is 0 Å². The molecule has 1 aliphatic heterocycles. The van der Waals surface area contributed by atoms with E-state index in [9.17, 15) is 23.4 Å².